The summed E-state index contributed by atoms with van der Waals surface area (Å²) in [7, 11) is 0. The van der Waals surface area contributed by atoms with Gasteiger partial charge in [-0.05, 0) is 43.4 Å². The van der Waals surface area contributed by atoms with E-state index >= 15 is 0 Å². The largest absolute Gasteiger partial charge is 0.462 e. The summed E-state index contributed by atoms with van der Waals surface area (Å²) in [5.74, 6) is 0.438. The Bertz CT molecular complexity index is 502. The average molecular weight is 297 g/mol. The molecule has 1 aliphatic rings. The molecule has 0 spiro atoms. The first-order chi connectivity index (χ1) is 9.52. The van der Waals surface area contributed by atoms with Crippen molar-refractivity contribution >= 4 is 23.1 Å². The van der Waals surface area contributed by atoms with Crippen molar-refractivity contribution in [3.8, 4) is 5.75 Å². The highest BCUT2D eigenvalue weighted by Gasteiger charge is 2.43. The normalized spacial score (nSPS) is 33.3. The average Bonchev–Trinajstić information content (AvgIpc) is 2.45. The van der Waals surface area contributed by atoms with E-state index in [1.165, 1.54) is 0 Å². The van der Waals surface area contributed by atoms with E-state index in [4.69, 9.17) is 9.47 Å². The molecule has 1 aromatic rings. The first-order valence-electron chi connectivity index (χ1n) is 6.07. The van der Waals surface area contributed by atoms with E-state index in [1.54, 1.807) is 31.2 Å². The summed E-state index contributed by atoms with van der Waals surface area (Å²) in [6, 6.07) is 6.59. The summed E-state index contributed by atoms with van der Waals surface area (Å²) in [4.78, 5) is 3.80. The minimum Gasteiger partial charge on any atom is -0.462 e. The van der Waals surface area contributed by atoms with Gasteiger partial charge in [-0.1, -0.05) is 0 Å². The molecule has 20 heavy (non-hydrogen) atoms. The zero-order valence-corrected chi connectivity index (χ0v) is 11.5. The van der Waals surface area contributed by atoms with Gasteiger partial charge >= 0.3 is 0 Å². The van der Waals surface area contributed by atoms with Gasteiger partial charge in [0.25, 0.3) is 0 Å². The number of hydrogen-bond donors (Lipinski definition) is 3. The van der Waals surface area contributed by atoms with Gasteiger partial charge < -0.3 is 24.8 Å². The predicted molar refractivity (Wildman–Crippen MR) is 74.1 cm³/mol. The third-order valence-electron chi connectivity index (χ3n) is 3.07. The maximum atomic E-state index is 9.82. The summed E-state index contributed by atoms with van der Waals surface area (Å²) < 4.78 is 10.8. The number of nitrogens with zero attached hydrogens (tertiary/aromatic N) is 1. The van der Waals surface area contributed by atoms with Crippen LogP contribution in [-0.4, -0.2) is 51.2 Å². The Morgan fingerprint density at radius 1 is 1.15 bits per heavy atom. The Hall–Kier alpha value is -1.34. The summed E-state index contributed by atoms with van der Waals surface area (Å²) in [6.45, 7) is 1.59. The molecule has 0 amide bonds. The Kier molecular flexibility index (Phi) is 4.82. The van der Waals surface area contributed by atoms with E-state index < -0.39 is 30.7 Å². The maximum absolute atomic E-state index is 9.82. The summed E-state index contributed by atoms with van der Waals surface area (Å²) in [5.41, 5.74) is 0.626. The van der Waals surface area contributed by atoms with E-state index in [2.05, 4.69) is 22.4 Å². The summed E-state index contributed by atoms with van der Waals surface area (Å²) in [6.07, 6.45) is -5.49. The molecule has 0 bridgehead atoms. The van der Waals surface area contributed by atoms with Crippen LogP contribution in [0, 0.1) is 0 Å². The first kappa shape index (κ1) is 15.1. The summed E-state index contributed by atoms with van der Waals surface area (Å²) in [5, 5.41) is 31.3. The maximum Gasteiger partial charge on any atom is 0.229 e. The molecule has 2 rings (SSSR count). The van der Waals surface area contributed by atoms with Crippen LogP contribution in [-0.2, 0) is 4.74 Å². The molecule has 0 saturated carbocycles. The molecule has 3 N–H and O–H groups in total. The lowest BCUT2D eigenvalue weighted by Crippen LogP contribution is -2.58. The van der Waals surface area contributed by atoms with Crippen LogP contribution in [0.2, 0.25) is 0 Å². The number of aliphatic hydroxyl groups excluding tert-OH is 3. The van der Waals surface area contributed by atoms with Crippen molar-refractivity contribution in [3.63, 3.8) is 0 Å². The Morgan fingerprint density at radius 2 is 1.80 bits per heavy atom. The number of ether oxygens (including phenoxy) is 2. The molecule has 7 heteroatoms. The van der Waals surface area contributed by atoms with Gasteiger partial charge in [0.1, 0.15) is 24.1 Å². The van der Waals surface area contributed by atoms with Gasteiger partial charge in [0, 0.05) is 0 Å². The molecule has 1 aromatic carbocycles. The van der Waals surface area contributed by atoms with Crippen LogP contribution < -0.4 is 4.74 Å². The standard InChI is InChI=1S/C13H15NO5S/c1-7-10(15)11(16)12(17)13(18-7)19-9-4-2-8(3-5-9)14-6-20/h2-5,7,10-13,15-17H,1H3/t7-,10+,11+,12-,13+/m0/s1. The number of isothiocyanates is 1. The van der Waals surface area contributed by atoms with Crippen LogP contribution in [0.3, 0.4) is 0 Å². The summed E-state index contributed by atoms with van der Waals surface area (Å²) >= 11 is 4.50. The fourth-order valence-electron chi connectivity index (χ4n) is 1.90. The molecule has 0 radical (unpaired) electrons. The van der Waals surface area contributed by atoms with Gasteiger partial charge in [-0.2, -0.15) is 4.99 Å². The molecule has 0 unspecified atom stereocenters. The van der Waals surface area contributed by atoms with Gasteiger partial charge in [-0.3, -0.25) is 0 Å². The molecule has 108 valence electrons. The molecule has 5 atom stereocenters. The van der Waals surface area contributed by atoms with Crippen molar-refractivity contribution in [1.82, 2.24) is 0 Å². The predicted octanol–water partition coefficient (Wildman–Crippen LogP) is 0.627. The van der Waals surface area contributed by atoms with Crippen molar-refractivity contribution in [3.05, 3.63) is 24.3 Å². The molecule has 1 fully saturated rings. The van der Waals surface area contributed by atoms with Gasteiger partial charge in [0.15, 0.2) is 0 Å². The Morgan fingerprint density at radius 3 is 2.40 bits per heavy atom. The van der Waals surface area contributed by atoms with Crippen LogP contribution in [0.1, 0.15) is 6.92 Å². The highest BCUT2D eigenvalue weighted by atomic mass is 32.1. The fraction of sp³-hybridized carbons (Fsp3) is 0.462. The molecule has 0 aliphatic carbocycles. The van der Waals surface area contributed by atoms with Crippen molar-refractivity contribution in [2.75, 3.05) is 0 Å². The van der Waals surface area contributed by atoms with E-state index in [9.17, 15) is 15.3 Å². The Labute approximate surface area is 121 Å². The van der Waals surface area contributed by atoms with Crippen LogP contribution in [0.5, 0.6) is 5.75 Å². The number of aliphatic imine (C=N–C) groups is 1. The first-order valence-corrected chi connectivity index (χ1v) is 6.48. The quantitative estimate of drug-likeness (QED) is 0.560. The fourth-order valence-corrected chi connectivity index (χ4v) is 2.00. The topological polar surface area (TPSA) is 91.5 Å². The third kappa shape index (κ3) is 3.21. The van der Waals surface area contributed by atoms with Crippen LogP contribution >= 0.6 is 12.2 Å². The number of benzene rings is 1. The minimum absolute atomic E-state index is 0.438. The van der Waals surface area contributed by atoms with Crippen molar-refractivity contribution < 1.29 is 24.8 Å². The lowest BCUT2D eigenvalue weighted by molar-refractivity contribution is -0.268. The molecular formula is C13H15NO5S. The van der Waals surface area contributed by atoms with E-state index in [0.717, 1.165) is 0 Å². The van der Waals surface area contributed by atoms with Crippen molar-refractivity contribution in [2.45, 2.75) is 37.6 Å². The lowest BCUT2D eigenvalue weighted by Gasteiger charge is -2.38. The number of thiocarbonyl (C=S) groups is 1. The van der Waals surface area contributed by atoms with Crippen LogP contribution in [0.4, 0.5) is 5.69 Å². The Balaban J connectivity index is 2.07. The number of hydrogen-bond acceptors (Lipinski definition) is 7. The lowest BCUT2D eigenvalue weighted by atomic mass is 10.00. The highest BCUT2D eigenvalue weighted by Crippen LogP contribution is 2.25. The SMILES string of the molecule is C[C@@H]1O[C@H](Oc2ccc(N=C=S)cc2)[C@@H](O)[C@H](O)[C@@H]1O. The van der Waals surface area contributed by atoms with Crippen LogP contribution in [0.15, 0.2) is 29.3 Å². The molecular weight excluding hydrogens is 282 g/mol. The van der Waals surface area contributed by atoms with Crippen molar-refractivity contribution in [1.29, 1.82) is 0 Å². The highest BCUT2D eigenvalue weighted by molar-refractivity contribution is 7.78. The van der Waals surface area contributed by atoms with E-state index in [1.807, 2.05) is 0 Å². The van der Waals surface area contributed by atoms with Gasteiger partial charge in [-0.25, -0.2) is 0 Å². The molecule has 1 aliphatic heterocycles. The minimum atomic E-state index is -1.33. The van der Waals surface area contributed by atoms with Gasteiger partial charge in [0.2, 0.25) is 6.29 Å². The third-order valence-corrected chi connectivity index (χ3v) is 3.16. The second-order valence-corrected chi connectivity index (χ2v) is 4.68. The second kappa shape index (κ2) is 6.41. The molecule has 0 aromatic heterocycles. The zero-order valence-electron chi connectivity index (χ0n) is 10.7. The van der Waals surface area contributed by atoms with Gasteiger partial charge in [-0.15, -0.1) is 0 Å². The number of rotatable bonds is 3. The van der Waals surface area contributed by atoms with Crippen LogP contribution in [0.25, 0.3) is 0 Å². The molecule has 6 nitrogen and oxygen atoms in total. The van der Waals surface area contributed by atoms with Gasteiger partial charge in [0.05, 0.1) is 17.0 Å². The van der Waals surface area contributed by atoms with E-state index in [0.29, 0.717) is 11.4 Å². The molecule has 1 heterocycles. The smallest absolute Gasteiger partial charge is 0.229 e. The second-order valence-electron chi connectivity index (χ2n) is 4.50. The zero-order chi connectivity index (χ0) is 14.7. The number of aliphatic hydroxyl groups is 3. The van der Waals surface area contributed by atoms with E-state index in [-0.39, 0.29) is 0 Å². The monoisotopic (exact) mass is 297 g/mol. The van der Waals surface area contributed by atoms with Crippen molar-refractivity contribution in [2.24, 2.45) is 4.99 Å². The molecule has 1 saturated heterocycles.